The van der Waals surface area contributed by atoms with Gasteiger partial charge in [0.2, 0.25) is 10.0 Å². The van der Waals surface area contributed by atoms with Gasteiger partial charge < -0.3 is 14.6 Å². The summed E-state index contributed by atoms with van der Waals surface area (Å²) >= 11 is 0. The minimum absolute atomic E-state index is 0.0913. The van der Waals surface area contributed by atoms with Crippen LogP contribution < -0.4 is 5.14 Å². The third kappa shape index (κ3) is 2.99. The summed E-state index contributed by atoms with van der Waals surface area (Å²) < 4.78 is 23.9. The zero-order valence-electron chi connectivity index (χ0n) is 10.8. The zero-order valence-corrected chi connectivity index (χ0v) is 11.6. The summed E-state index contributed by atoms with van der Waals surface area (Å²) in [5.74, 6) is -1.61. The number of aromatic nitrogens is 1. The van der Waals surface area contributed by atoms with Gasteiger partial charge in [0, 0.05) is 19.3 Å². The van der Waals surface area contributed by atoms with Gasteiger partial charge >= 0.3 is 5.97 Å². The number of amides is 1. The number of rotatable bonds is 5. The maximum Gasteiger partial charge on any atom is 0.323 e. The van der Waals surface area contributed by atoms with Crippen LogP contribution in [0, 0.1) is 0 Å². The number of nitrogens with two attached hydrogens (primary N) is 1. The molecule has 0 atom stereocenters. The molecule has 9 heteroatoms. The number of hydrogen-bond acceptors (Lipinski definition) is 4. The van der Waals surface area contributed by atoms with Crippen molar-refractivity contribution in [3.8, 4) is 0 Å². The first-order valence-corrected chi connectivity index (χ1v) is 7.46. The zero-order chi connectivity index (χ0) is 15.1. The molecule has 2 rings (SSSR count). The van der Waals surface area contributed by atoms with E-state index in [2.05, 4.69) is 0 Å². The average Bonchev–Trinajstić information content (AvgIpc) is 3.06. The van der Waals surface area contributed by atoms with E-state index in [0.29, 0.717) is 0 Å². The van der Waals surface area contributed by atoms with Crippen molar-refractivity contribution in [1.29, 1.82) is 0 Å². The molecule has 0 aromatic carbocycles. The second-order valence-corrected chi connectivity index (χ2v) is 6.34. The van der Waals surface area contributed by atoms with E-state index in [9.17, 15) is 18.0 Å². The van der Waals surface area contributed by atoms with Crippen molar-refractivity contribution >= 4 is 21.9 Å². The first-order chi connectivity index (χ1) is 9.20. The largest absolute Gasteiger partial charge is 0.480 e. The second-order valence-electron chi connectivity index (χ2n) is 4.77. The van der Waals surface area contributed by atoms with Crippen LogP contribution in [0.4, 0.5) is 0 Å². The summed E-state index contributed by atoms with van der Waals surface area (Å²) in [5, 5.41) is 13.9. The number of hydrogen-bond donors (Lipinski definition) is 2. The molecule has 110 valence electrons. The normalized spacial score (nSPS) is 15.1. The molecule has 1 heterocycles. The Morgan fingerprint density at radius 2 is 2.10 bits per heavy atom. The van der Waals surface area contributed by atoms with Crippen LogP contribution in [-0.2, 0) is 21.9 Å². The molecule has 0 saturated heterocycles. The van der Waals surface area contributed by atoms with Gasteiger partial charge in [-0.1, -0.05) is 0 Å². The van der Waals surface area contributed by atoms with Crippen LogP contribution >= 0.6 is 0 Å². The van der Waals surface area contributed by atoms with Gasteiger partial charge in [-0.15, -0.1) is 0 Å². The number of nitrogens with zero attached hydrogens (tertiary/aromatic N) is 2. The molecule has 1 fully saturated rings. The Morgan fingerprint density at radius 3 is 2.50 bits per heavy atom. The Kier molecular flexibility index (Phi) is 3.57. The molecule has 1 saturated carbocycles. The lowest BCUT2D eigenvalue weighted by Gasteiger charge is -2.20. The average molecular weight is 301 g/mol. The Morgan fingerprint density at radius 1 is 1.50 bits per heavy atom. The van der Waals surface area contributed by atoms with E-state index < -0.39 is 28.4 Å². The number of carboxylic acid groups (broad SMARTS) is 1. The first-order valence-electron chi connectivity index (χ1n) is 5.92. The monoisotopic (exact) mass is 301 g/mol. The van der Waals surface area contributed by atoms with Gasteiger partial charge in [0.25, 0.3) is 5.91 Å². The predicted octanol–water partition coefficient (Wildman–Crippen LogP) is -0.638. The van der Waals surface area contributed by atoms with E-state index in [0.717, 1.165) is 18.9 Å². The van der Waals surface area contributed by atoms with Gasteiger partial charge in [-0.3, -0.25) is 9.59 Å². The number of sulfonamides is 1. The molecule has 0 aliphatic heterocycles. The molecule has 0 radical (unpaired) electrons. The van der Waals surface area contributed by atoms with Gasteiger partial charge in [0.05, 0.1) is 0 Å². The highest BCUT2D eigenvalue weighted by Crippen LogP contribution is 2.28. The molecule has 1 amide bonds. The quantitative estimate of drug-likeness (QED) is 0.749. The van der Waals surface area contributed by atoms with Crippen molar-refractivity contribution < 1.29 is 23.1 Å². The summed E-state index contributed by atoms with van der Waals surface area (Å²) in [6.45, 7) is -0.403. The summed E-state index contributed by atoms with van der Waals surface area (Å²) in [5.41, 5.74) is 0.0992. The Balaban J connectivity index is 2.32. The van der Waals surface area contributed by atoms with Crippen molar-refractivity contribution in [1.82, 2.24) is 9.47 Å². The molecular weight excluding hydrogens is 286 g/mol. The predicted molar refractivity (Wildman–Crippen MR) is 68.5 cm³/mol. The number of carbonyl (C=O) groups excluding carboxylic acids is 1. The highest BCUT2D eigenvalue weighted by molar-refractivity contribution is 7.89. The summed E-state index contributed by atoms with van der Waals surface area (Å²) in [6, 6.07) is 1.07. The highest BCUT2D eigenvalue weighted by atomic mass is 32.2. The number of carboxylic acids is 1. The van der Waals surface area contributed by atoms with Crippen molar-refractivity contribution in [2.24, 2.45) is 12.2 Å². The topological polar surface area (TPSA) is 123 Å². The standard InChI is InChI=1S/C11H15N3O5S/c1-13-5-8(20(12,18)19)4-9(13)11(17)14(6-10(15)16)7-2-3-7/h4-5,7H,2-3,6H2,1H3,(H,15,16)(H2,12,18,19). The van der Waals surface area contributed by atoms with Crippen LogP contribution in [0.3, 0.4) is 0 Å². The fraction of sp³-hybridized carbons (Fsp3) is 0.455. The lowest BCUT2D eigenvalue weighted by Crippen LogP contribution is -2.38. The molecule has 0 spiro atoms. The fourth-order valence-corrected chi connectivity index (χ4v) is 2.53. The second kappa shape index (κ2) is 4.91. The molecule has 8 nitrogen and oxygen atoms in total. The molecule has 1 aromatic rings. The van der Waals surface area contributed by atoms with E-state index in [1.54, 1.807) is 0 Å². The molecule has 1 aromatic heterocycles. The molecule has 0 unspecified atom stereocenters. The molecular formula is C11H15N3O5S. The van der Waals surface area contributed by atoms with Crippen LogP contribution in [-0.4, -0.2) is 47.5 Å². The highest BCUT2D eigenvalue weighted by Gasteiger charge is 2.35. The smallest absolute Gasteiger partial charge is 0.323 e. The molecule has 3 N–H and O–H groups in total. The lowest BCUT2D eigenvalue weighted by atomic mass is 10.3. The summed E-state index contributed by atoms with van der Waals surface area (Å²) in [6.07, 6.45) is 2.74. The first kappa shape index (κ1) is 14.5. The Hall–Kier alpha value is -1.87. The third-order valence-corrected chi connectivity index (χ3v) is 3.96. The molecule has 20 heavy (non-hydrogen) atoms. The molecule has 1 aliphatic carbocycles. The lowest BCUT2D eigenvalue weighted by molar-refractivity contribution is -0.137. The number of aryl methyl sites for hydroxylation is 1. The van der Waals surface area contributed by atoms with Gasteiger partial charge in [-0.05, 0) is 18.9 Å². The number of carbonyl (C=O) groups is 2. The van der Waals surface area contributed by atoms with Crippen molar-refractivity contribution in [2.75, 3.05) is 6.54 Å². The number of primary sulfonamides is 1. The minimum atomic E-state index is -3.90. The van der Waals surface area contributed by atoms with E-state index in [1.807, 2.05) is 0 Å². The van der Waals surface area contributed by atoms with Crippen LogP contribution in [0.2, 0.25) is 0 Å². The van der Waals surface area contributed by atoms with E-state index in [1.165, 1.54) is 22.7 Å². The maximum atomic E-state index is 12.3. The number of aliphatic carboxylic acids is 1. The molecule has 1 aliphatic rings. The summed E-state index contributed by atoms with van der Waals surface area (Å²) in [4.78, 5) is 24.2. The SMILES string of the molecule is Cn1cc(S(N)(=O)=O)cc1C(=O)N(CC(=O)O)C1CC1. The summed E-state index contributed by atoms with van der Waals surface area (Å²) in [7, 11) is -2.39. The van der Waals surface area contributed by atoms with Gasteiger partial charge in [-0.2, -0.15) is 0 Å². The van der Waals surface area contributed by atoms with Gasteiger partial charge in [0.15, 0.2) is 0 Å². The van der Waals surface area contributed by atoms with Crippen LogP contribution in [0.25, 0.3) is 0 Å². The third-order valence-electron chi connectivity index (χ3n) is 3.08. The van der Waals surface area contributed by atoms with E-state index in [-0.39, 0.29) is 16.6 Å². The van der Waals surface area contributed by atoms with Crippen LogP contribution in [0.15, 0.2) is 17.2 Å². The minimum Gasteiger partial charge on any atom is -0.480 e. The van der Waals surface area contributed by atoms with Crippen molar-refractivity contribution in [3.63, 3.8) is 0 Å². The van der Waals surface area contributed by atoms with Crippen LogP contribution in [0.5, 0.6) is 0 Å². The molecule has 0 bridgehead atoms. The van der Waals surface area contributed by atoms with Gasteiger partial charge in [0.1, 0.15) is 17.1 Å². The van der Waals surface area contributed by atoms with E-state index in [4.69, 9.17) is 10.2 Å². The van der Waals surface area contributed by atoms with Crippen molar-refractivity contribution in [2.45, 2.75) is 23.8 Å². The maximum absolute atomic E-state index is 12.3. The van der Waals surface area contributed by atoms with Crippen molar-refractivity contribution in [3.05, 3.63) is 18.0 Å². The van der Waals surface area contributed by atoms with Gasteiger partial charge in [-0.25, -0.2) is 13.6 Å². The van der Waals surface area contributed by atoms with E-state index >= 15 is 0 Å². The fourth-order valence-electron chi connectivity index (χ4n) is 1.95. The Labute approximate surface area is 115 Å². The van der Waals surface area contributed by atoms with Crippen LogP contribution in [0.1, 0.15) is 23.3 Å². The Bertz CT molecular complexity index is 660.